The van der Waals surface area contributed by atoms with Gasteiger partial charge in [-0.1, -0.05) is 29.8 Å². The van der Waals surface area contributed by atoms with Gasteiger partial charge in [-0.2, -0.15) is 0 Å². The SMILES string of the molecule is Cc1ccc(-c2csc(NC(=O)COC(=O)c3scnc3C)n2)cc1. The predicted octanol–water partition coefficient (Wildman–Crippen LogP) is 3.68. The van der Waals surface area contributed by atoms with Gasteiger partial charge in [0.15, 0.2) is 11.7 Å². The summed E-state index contributed by atoms with van der Waals surface area (Å²) in [5, 5.41) is 4.97. The van der Waals surface area contributed by atoms with Crippen LogP contribution in [0, 0.1) is 13.8 Å². The molecule has 0 bridgehead atoms. The smallest absolute Gasteiger partial charge is 0.350 e. The first-order chi connectivity index (χ1) is 12.0. The second-order valence-corrected chi connectivity index (χ2v) is 7.01. The molecule has 25 heavy (non-hydrogen) atoms. The van der Waals surface area contributed by atoms with Crippen molar-refractivity contribution < 1.29 is 14.3 Å². The molecular formula is C17H15N3O3S2. The molecule has 0 saturated carbocycles. The van der Waals surface area contributed by atoms with E-state index in [9.17, 15) is 9.59 Å². The molecular weight excluding hydrogens is 358 g/mol. The number of ether oxygens (including phenoxy) is 1. The van der Waals surface area contributed by atoms with Gasteiger partial charge in [0, 0.05) is 10.9 Å². The first-order valence-corrected chi connectivity index (χ1v) is 9.18. The zero-order valence-corrected chi connectivity index (χ0v) is 15.2. The van der Waals surface area contributed by atoms with Crippen LogP contribution in [0.15, 0.2) is 35.2 Å². The number of hydrogen-bond donors (Lipinski definition) is 1. The third kappa shape index (κ3) is 4.28. The Morgan fingerprint density at radius 2 is 1.92 bits per heavy atom. The molecule has 0 aliphatic heterocycles. The highest BCUT2D eigenvalue weighted by Gasteiger charge is 2.15. The van der Waals surface area contributed by atoms with Crippen molar-refractivity contribution in [3.8, 4) is 11.3 Å². The second kappa shape index (κ2) is 7.54. The lowest BCUT2D eigenvalue weighted by molar-refractivity contribution is -0.119. The minimum atomic E-state index is -0.547. The summed E-state index contributed by atoms with van der Waals surface area (Å²) in [6.45, 7) is 3.37. The number of aryl methyl sites for hydroxylation is 2. The van der Waals surface area contributed by atoms with Crippen LogP contribution in [0.4, 0.5) is 5.13 Å². The van der Waals surface area contributed by atoms with E-state index in [1.54, 1.807) is 12.4 Å². The summed E-state index contributed by atoms with van der Waals surface area (Å²) in [6.07, 6.45) is 0. The Hall–Kier alpha value is -2.58. The van der Waals surface area contributed by atoms with Crippen LogP contribution in [0.25, 0.3) is 11.3 Å². The fourth-order valence-electron chi connectivity index (χ4n) is 2.04. The lowest BCUT2D eigenvalue weighted by Gasteiger charge is -2.03. The summed E-state index contributed by atoms with van der Waals surface area (Å²) >= 11 is 2.51. The minimum Gasteiger partial charge on any atom is -0.451 e. The first kappa shape index (κ1) is 17.2. The number of thiazole rings is 2. The van der Waals surface area contributed by atoms with Gasteiger partial charge >= 0.3 is 5.97 Å². The summed E-state index contributed by atoms with van der Waals surface area (Å²) in [7, 11) is 0. The van der Waals surface area contributed by atoms with Gasteiger partial charge < -0.3 is 4.74 Å². The molecule has 128 valence electrons. The Kier molecular flexibility index (Phi) is 5.20. The highest BCUT2D eigenvalue weighted by atomic mass is 32.1. The zero-order valence-electron chi connectivity index (χ0n) is 13.6. The maximum atomic E-state index is 11.9. The molecule has 1 N–H and O–H groups in total. The highest BCUT2D eigenvalue weighted by Crippen LogP contribution is 2.25. The summed E-state index contributed by atoms with van der Waals surface area (Å²) in [6, 6.07) is 7.98. The molecule has 6 nitrogen and oxygen atoms in total. The van der Waals surface area contributed by atoms with Crippen LogP contribution in [0.1, 0.15) is 20.9 Å². The lowest BCUT2D eigenvalue weighted by Crippen LogP contribution is -2.20. The van der Waals surface area contributed by atoms with Crippen LogP contribution >= 0.6 is 22.7 Å². The van der Waals surface area contributed by atoms with Gasteiger partial charge in [0.1, 0.15) is 4.88 Å². The minimum absolute atomic E-state index is 0.365. The van der Waals surface area contributed by atoms with Gasteiger partial charge in [0.05, 0.1) is 16.9 Å². The fraction of sp³-hybridized carbons (Fsp3) is 0.176. The standard InChI is InChI=1S/C17H15N3O3S2/c1-10-3-5-12(6-4-10)13-8-24-17(19-13)20-14(21)7-23-16(22)15-11(2)18-9-25-15/h3-6,8-9H,7H2,1-2H3,(H,19,20,21). The van der Waals surface area contributed by atoms with E-state index in [1.165, 1.54) is 28.2 Å². The van der Waals surface area contributed by atoms with Crippen LogP contribution < -0.4 is 5.32 Å². The Bertz CT molecular complexity index is 900. The van der Waals surface area contributed by atoms with E-state index in [0.717, 1.165) is 11.3 Å². The van der Waals surface area contributed by atoms with Crippen molar-refractivity contribution in [1.82, 2.24) is 9.97 Å². The number of hydrogen-bond acceptors (Lipinski definition) is 7. The number of aromatic nitrogens is 2. The average Bonchev–Trinajstić information content (AvgIpc) is 3.22. The molecule has 0 aliphatic rings. The van der Waals surface area contributed by atoms with E-state index in [-0.39, 0.29) is 6.61 Å². The van der Waals surface area contributed by atoms with Crippen molar-refractivity contribution in [1.29, 1.82) is 0 Å². The number of rotatable bonds is 5. The normalized spacial score (nSPS) is 10.5. The van der Waals surface area contributed by atoms with Crippen molar-refractivity contribution in [3.05, 3.63) is 51.3 Å². The largest absolute Gasteiger partial charge is 0.451 e. The number of amides is 1. The van der Waals surface area contributed by atoms with E-state index < -0.39 is 11.9 Å². The average molecular weight is 373 g/mol. The van der Waals surface area contributed by atoms with Gasteiger partial charge in [-0.3, -0.25) is 10.1 Å². The number of esters is 1. The maximum Gasteiger partial charge on any atom is 0.350 e. The lowest BCUT2D eigenvalue weighted by atomic mass is 10.1. The van der Waals surface area contributed by atoms with Crippen molar-refractivity contribution in [2.24, 2.45) is 0 Å². The number of carbonyl (C=O) groups excluding carboxylic acids is 2. The summed E-state index contributed by atoms with van der Waals surface area (Å²) < 4.78 is 5.00. The second-order valence-electron chi connectivity index (χ2n) is 5.30. The third-order valence-corrected chi connectivity index (χ3v) is 5.03. The van der Waals surface area contributed by atoms with E-state index in [0.29, 0.717) is 15.7 Å². The summed E-state index contributed by atoms with van der Waals surface area (Å²) in [5.41, 5.74) is 5.10. The molecule has 0 unspecified atom stereocenters. The quantitative estimate of drug-likeness (QED) is 0.690. The van der Waals surface area contributed by atoms with Crippen molar-refractivity contribution in [3.63, 3.8) is 0 Å². The fourth-order valence-corrected chi connectivity index (χ4v) is 3.47. The number of benzene rings is 1. The van der Waals surface area contributed by atoms with Crippen molar-refractivity contribution in [2.45, 2.75) is 13.8 Å². The van der Waals surface area contributed by atoms with E-state index >= 15 is 0 Å². The van der Waals surface area contributed by atoms with E-state index in [2.05, 4.69) is 15.3 Å². The van der Waals surface area contributed by atoms with Gasteiger partial charge in [0.2, 0.25) is 0 Å². The maximum absolute atomic E-state index is 11.9. The molecule has 0 atom stereocenters. The Morgan fingerprint density at radius 1 is 1.16 bits per heavy atom. The van der Waals surface area contributed by atoms with E-state index in [4.69, 9.17) is 4.74 Å². The Balaban J connectivity index is 1.56. The molecule has 3 aromatic rings. The third-order valence-electron chi connectivity index (χ3n) is 3.36. The monoisotopic (exact) mass is 373 g/mol. The molecule has 2 aromatic heterocycles. The predicted molar refractivity (Wildman–Crippen MR) is 98.1 cm³/mol. The molecule has 2 heterocycles. The number of nitrogens with zero attached hydrogens (tertiary/aromatic N) is 2. The first-order valence-electron chi connectivity index (χ1n) is 7.42. The zero-order chi connectivity index (χ0) is 17.8. The van der Waals surface area contributed by atoms with Crippen molar-refractivity contribution >= 4 is 39.7 Å². The van der Waals surface area contributed by atoms with Crippen molar-refractivity contribution in [2.75, 3.05) is 11.9 Å². The molecule has 0 radical (unpaired) electrons. The van der Waals surface area contributed by atoms with Gasteiger partial charge in [0.25, 0.3) is 5.91 Å². The highest BCUT2D eigenvalue weighted by molar-refractivity contribution is 7.14. The number of carbonyl (C=O) groups is 2. The molecule has 1 amide bonds. The molecule has 0 saturated heterocycles. The summed E-state index contributed by atoms with van der Waals surface area (Å²) in [5.74, 6) is -0.977. The Morgan fingerprint density at radius 3 is 2.60 bits per heavy atom. The van der Waals surface area contributed by atoms with E-state index in [1.807, 2.05) is 36.6 Å². The van der Waals surface area contributed by atoms with Crippen LogP contribution in [-0.4, -0.2) is 28.5 Å². The molecule has 0 spiro atoms. The Labute approximate surface area is 152 Å². The van der Waals surface area contributed by atoms with Crippen LogP contribution in [-0.2, 0) is 9.53 Å². The molecule has 1 aromatic carbocycles. The summed E-state index contributed by atoms with van der Waals surface area (Å²) in [4.78, 5) is 32.5. The van der Waals surface area contributed by atoms with Crippen LogP contribution in [0.2, 0.25) is 0 Å². The van der Waals surface area contributed by atoms with Gasteiger partial charge in [-0.05, 0) is 13.8 Å². The number of nitrogens with one attached hydrogen (secondary N) is 1. The molecule has 0 aliphatic carbocycles. The van der Waals surface area contributed by atoms with Crippen LogP contribution in [0.5, 0.6) is 0 Å². The molecule has 8 heteroatoms. The topological polar surface area (TPSA) is 81.2 Å². The van der Waals surface area contributed by atoms with Gasteiger partial charge in [-0.15, -0.1) is 22.7 Å². The van der Waals surface area contributed by atoms with Gasteiger partial charge in [-0.25, -0.2) is 14.8 Å². The van der Waals surface area contributed by atoms with Crippen LogP contribution in [0.3, 0.4) is 0 Å². The molecule has 3 rings (SSSR count). The molecule has 0 fully saturated rings. The number of anilines is 1.